The molecule has 0 bridgehead atoms. The predicted octanol–water partition coefficient (Wildman–Crippen LogP) is 1.72. The Balaban J connectivity index is 0.00000180. The second-order valence-corrected chi connectivity index (χ2v) is 5.18. The number of anilines is 1. The normalized spacial score (nSPS) is 14.9. The van der Waals surface area contributed by atoms with Gasteiger partial charge in [0.1, 0.15) is 11.6 Å². The van der Waals surface area contributed by atoms with Crippen LogP contribution in [0.5, 0.6) is 0 Å². The zero-order valence-electron chi connectivity index (χ0n) is 11.1. The molecule has 7 heteroatoms. The molecule has 1 fully saturated rings. The Labute approximate surface area is 123 Å². The smallest absolute Gasteiger partial charge is 0.190 e. The minimum absolute atomic E-state index is 0. The Morgan fingerprint density at radius 1 is 1.42 bits per heavy atom. The molecule has 0 amide bonds. The van der Waals surface area contributed by atoms with Gasteiger partial charge in [0, 0.05) is 24.8 Å². The van der Waals surface area contributed by atoms with Crippen LogP contribution in [0.1, 0.15) is 12.6 Å². The lowest BCUT2D eigenvalue weighted by Crippen LogP contribution is -2.36. The molecule has 0 unspecified atom stereocenters. The maximum Gasteiger partial charge on any atom is 0.190 e. The van der Waals surface area contributed by atoms with Gasteiger partial charge in [-0.15, -0.1) is 12.4 Å². The Hall–Kier alpha value is -0.850. The highest BCUT2D eigenvalue weighted by atomic mass is 35.5. The average Bonchev–Trinajstić information content (AvgIpc) is 2.37. The number of rotatable bonds is 4. The Kier molecular flexibility index (Phi) is 6.54. The highest BCUT2D eigenvalue weighted by molar-refractivity contribution is 7.99. The van der Waals surface area contributed by atoms with Crippen molar-refractivity contribution in [1.82, 2.24) is 9.97 Å². The summed E-state index contributed by atoms with van der Waals surface area (Å²) in [6.07, 6.45) is 0. The Bertz CT molecular complexity index is 439. The second-order valence-electron chi connectivity index (χ2n) is 4.24. The number of ketones is 1. The molecule has 2 rings (SSSR count). The highest BCUT2D eigenvalue weighted by Crippen LogP contribution is 2.19. The van der Waals surface area contributed by atoms with E-state index in [1.807, 2.05) is 13.0 Å². The van der Waals surface area contributed by atoms with Crippen molar-refractivity contribution in [3.05, 3.63) is 11.8 Å². The van der Waals surface area contributed by atoms with Crippen LogP contribution < -0.4 is 4.90 Å². The molecular formula is C12H18ClN3O2S. The molecule has 1 aromatic heterocycles. The van der Waals surface area contributed by atoms with Gasteiger partial charge in [0.05, 0.1) is 19.0 Å². The van der Waals surface area contributed by atoms with Gasteiger partial charge < -0.3 is 9.64 Å². The van der Waals surface area contributed by atoms with E-state index in [1.165, 1.54) is 11.8 Å². The van der Waals surface area contributed by atoms with Crippen molar-refractivity contribution in [3.63, 3.8) is 0 Å². The summed E-state index contributed by atoms with van der Waals surface area (Å²) in [5.74, 6) is 1.49. The predicted molar refractivity (Wildman–Crippen MR) is 78.5 cm³/mol. The molecule has 1 saturated heterocycles. The van der Waals surface area contributed by atoms with E-state index < -0.39 is 0 Å². The standard InChI is InChI=1S/C12H17N3O2S.ClH/c1-9-7-11(15-3-5-17-6-4-15)14-12(13-9)18-8-10(2)16;/h7H,3-6,8H2,1-2H3;1H. The van der Waals surface area contributed by atoms with Gasteiger partial charge in [-0.05, 0) is 13.8 Å². The lowest BCUT2D eigenvalue weighted by molar-refractivity contribution is -0.114. The number of carbonyl (C=O) groups is 1. The molecule has 0 radical (unpaired) electrons. The average molecular weight is 304 g/mol. The van der Waals surface area contributed by atoms with Crippen LogP contribution in [0.4, 0.5) is 5.82 Å². The fourth-order valence-corrected chi connectivity index (χ4v) is 2.41. The number of aryl methyl sites for hydroxylation is 1. The Morgan fingerprint density at radius 3 is 2.74 bits per heavy atom. The fourth-order valence-electron chi connectivity index (χ4n) is 1.71. The number of thioether (sulfide) groups is 1. The zero-order chi connectivity index (χ0) is 13.0. The number of hydrogen-bond acceptors (Lipinski definition) is 6. The topological polar surface area (TPSA) is 55.3 Å². The number of carbonyl (C=O) groups excluding carboxylic acids is 1. The van der Waals surface area contributed by atoms with Crippen molar-refractivity contribution in [2.45, 2.75) is 19.0 Å². The third-order valence-electron chi connectivity index (χ3n) is 2.56. The third-order valence-corrected chi connectivity index (χ3v) is 3.55. The first-order valence-corrected chi connectivity index (χ1v) is 6.94. The van der Waals surface area contributed by atoms with Gasteiger partial charge in [-0.1, -0.05) is 11.8 Å². The number of halogens is 1. The minimum atomic E-state index is 0. The lowest BCUT2D eigenvalue weighted by atomic mass is 10.3. The molecule has 5 nitrogen and oxygen atoms in total. The lowest BCUT2D eigenvalue weighted by Gasteiger charge is -2.28. The van der Waals surface area contributed by atoms with Gasteiger partial charge in [-0.3, -0.25) is 4.79 Å². The van der Waals surface area contributed by atoms with Gasteiger partial charge in [0.2, 0.25) is 0 Å². The van der Waals surface area contributed by atoms with E-state index in [1.54, 1.807) is 6.92 Å². The molecule has 1 aliphatic heterocycles. The van der Waals surface area contributed by atoms with Crippen molar-refractivity contribution in [1.29, 1.82) is 0 Å². The highest BCUT2D eigenvalue weighted by Gasteiger charge is 2.14. The van der Waals surface area contributed by atoms with Gasteiger partial charge in [-0.2, -0.15) is 0 Å². The molecule has 19 heavy (non-hydrogen) atoms. The maximum absolute atomic E-state index is 11.0. The third kappa shape index (κ3) is 4.97. The molecule has 1 aromatic rings. The second kappa shape index (κ2) is 7.67. The zero-order valence-corrected chi connectivity index (χ0v) is 12.7. The number of nitrogens with zero attached hydrogens (tertiary/aromatic N) is 3. The summed E-state index contributed by atoms with van der Waals surface area (Å²) in [6, 6.07) is 1.98. The first-order chi connectivity index (χ1) is 8.65. The SMILES string of the molecule is CC(=O)CSc1nc(C)cc(N2CCOCC2)n1.Cl. The maximum atomic E-state index is 11.0. The Morgan fingerprint density at radius 2 is 2.11 bits per heavy atom. The first-order valence-electron chi connectivity index (χ1n) is 5.96. The van der Waals surface area contributed by atoms with Gasteiger partial charge in [0.25, 0.3) is 0 Å². The summed E-state index contributed by atoms with van der Waals surface area (Å²) in [4.78, 5) is 22.0. The van der Waals surface area contributed by atoms with Crippen molar-refractivity contribution >= 4 is 35.8 Å². The van der Waals surface area contributed by atoms with Crippen LogP contribution >= 0.6 is 24.2 Å². The molecular weight excluding hydrogens is 286 g/mol. The van der Waals surface area contributed by atoms with E-state index in [0.29, 0.717) is 10.9 Å². The molecule has 0 aliphatic carbocycles. The van der Waals surface area contributed by atoms with E-state index in [0.717, 1.165) is 37.8 Å². The molecule has 0 saturated carbocycles. The quantitative estimate of drug-likeness (QED) is 0.624. The van der Waals surface area contributed by atoms with Crippen LogP contribution in [0.25, 0.3) is 0 Å². The summed E-state index contributed by atoms with van der Waals surface area (Å²) in [7, 11) is 0. The van der Waals surface area contributed by atoms with Crippen LogP contribution in [-0.4, -0.2) is 47.8 Å². The van der Waals surface area contributed by atoms with Crippen LogP contribution in [0.15, 0.2) is 11.2 Å². The van der Waals surface area contributed by atoms with E-state index in [9.17, 15) is 4.79 Å². The number of morpholine rings is 1. The molecule has 1 aliphatic rings. The monoisotopic (exact) mass is 303 g/mol. The molecule has 0 aromatic carbocycles. The van der Waals surface area contributed by atoms with Gasteiger partial charge >= 0.3 is 0 Å². The molecule has 106 valence electrons. The molecule has 0 N–H and O–H groups in total. The minimum Gasteiger partial charge on any atom is -0.378 e. The van der Waals surface area contributed by atoms with Gasteiger partial charge in [0.15, 0.2) is 5.16 Å². The first kappa shape index (κ1) is 16.2. The van der Waals surface area contributed by atoms with Crippen molar-refractivity contribution < 1.29 is 9.53 Å². The summed E-state index contributed by atoms with van der Waals surface area (Å²) >= 11 is 1.39. The molecule has 2 heterocycles. The summed E-state index contributed by atoms with van der Waals surface area (Å²) in [5, 5.41) is 0.673. The van der Waals surface area contributed by atoms with Crippen molar-refractivity contribution in [2.24, 2.45) is 0 Å². The van der Waals surface area contributed by atoms with Crippen LogP contribution in [0.3, 0.4) is 0 Å². The number of aromatic nitrogens is 2. The van der Waals surface area contributed by atoms with Crippen LogP contribution in [0.2, 0.25) is 0 Å². The molecule has 0 atom stereocenters. The van der Waals surface area contributed by atoms with Crippen molar-refractivity contribution in [2.75, 3.05) is 37.0 Å². The van der Waals surface area contributed by atoms with Crippen molar-refractivity contribution in [3.8, 4) is 0 Å². The van der Waals surface area contributed by atoms with E-state index in [4.69, 9.17) is 4.74 Å². The summed E-state index contributed by atoms with van der Waals surface area (Å²) in [5.41, 5.74) is 0.928. The van der Waals surface area contributed by atoms with Crippen LogP contribution in [0, 0.1) is 6.92 Å². The number of ether oxygens (including phenoxy) is 1. The van der Waals surface area contributed by atoms with Gasteiger partial charge in [-0.25, -0.2) is 9.97 Å². The van der Waals surface area contributed by atoms with E-state index in [-0.39, 0.29) is 18.2 Å². The number of hydrogen-bond donors (Lipinski definition) is 0. The fraction of sp³-hybridized carbons (Fsp3) is 0.583. The number of Topliss-reactive ketones (excluding diaryl/α,β-unsaturated/α-hetero) is 1. The van der Waals surface area contributed by atoms with Crippen LogP contribution in [-0.2, 0) is 9.53 Å². The summed E-state index contributed by atoms with van der Waals surface area (Å²) < 4.78 is 5.33. The van der Waals surface area contributed by atoms with E-state index >= 15 is 0 Å². The molecule has 0 spiro atoms. The largest absolute Gasteiger partial charge is 0.378 e. The summed E-state index contributed by atoms with van der Waals surface area (Å²) in [6.45, 7) is 6.70. The van der Waals surface area contributed by atoms with E-state index in [2.05, 4.69) is 14.9 Å².